The maximum absolute atomic E-state index is 12.5. The van der Waals surface area contributed by atoms with E-state index in [0.29, 0.717) is 17.1 Å². The van der Waals surface area contributed by atoms with Crippen molar-refractivity contribution in [1.29, 1.82) is 0 Å². The van der Waals surface area contributed by atoms with Gasteiger partial charge in [0.15, 0.2) is 0 Å². The van der Waals surface area contributed by atoms with Crippen LogP contribution in [0.4, 0.5) is 5.69 Å². The van der Waals surface area contributed by atoms with E-state index >= 15 is 0 Å². The van der Waals surface area contributed by atoms with Crippen LogP contribution in [0.1, 0.15) is 10.5 Å². The van der Waals surface area contributed by atoms with Crippen LogP contribution in [-0.4, -0.2) is 29.9 Å². The Kier molecular flexibility index (Phi) is 4.70. The van der Waals surface area contributed by atoms with Gasteiger partial charge in [0.2, 0.25) is 0 Å². The van der Waals surface area contributed by atoms with Crippen molar-refractivity contribution in [1.82, 2.24) is 9.78 Å². The van der Waals surface area contributed by atoms with Gasteiger partial charge in [-0.05, 0) is 42.5 Å². The van der Waals surface area contributed by atoms with Gasteiger partial charge in [0.05, 0.1) is 19.9 Å². The van der Waals surface area contributed by atoms with Crippen molar-refractivity contribution in [2.45, 2.75) is 0 Å². The van der Waals surface area contributed by atoms with Gasteiger partial charge in [-0.2, -0.15) is 5.10 Å². The molecule has 0 aliphatic carbocycles. The first-order valence-corrected chi connectivity index (χ1v) is 7.74. The van der Waals surface area contributed by atoms with Gasteiger partial charge in [0, 0.05) is 18.3 Å². The Morgan fingerprint density at radius 1 is 1.00 bits per heavy atom. The van der Waals surface area contributed by atoms with E-state index in [9.17, 15) is 4.79 Å². The number of benzene rings is 2. The summed E-state index contributed by atoms with van der Waals surface area (Å²) in [4.78, 5) is 12.5. The topological polar surface area (TPSA) is 65.4 Å². The van der Waals surface area contributed by atoms with Gasteiger partial charge in [0.1, 0.15) is 17.2 Å². The minimum atomic E-state index is -0.227. The van der Waals surface area contributed by atoms with Crippen LogP contribution < -0.4 is 14.8 Å². The van der Waals surface area contributed by atoms with Gasteiger partial charge in [0.25, 0.3) is 5.91 Å². The van der Waals surface area contributed by atoms with E-state index in [1.165, 1.54) is 0 Å². The summed E-state index contributed by atoms with van der Waals surface area (Å²) < 4.78 is 11.9. The molecule has 3 rings (SSSR count). The van der Waals surface area contributed by atoms with Gasteiger partial charge in [-0.3, -0.25) is 9.48 Å². The van der Waals surface area contributed by atoms with Gasteiger partial charge < -0.3 is 14.8 Å². The number of carbonyl (C=O) groups excluding carboxylic acids is 1. The van der Waals surface area contributed by atoms with E-state index in [0.717, 1.165) is 17.1 Å². The molecule has 0 saturated carbocycles. The molecule has 6 nitrogen and oxygen atoms in total. The van der Waals surface area contributed by atoms with Crippen molar-refractivity contribution in [3.8, 4) is 22.8 Å². The number of nitrogens with one attached hydrogen (secondary N) is 1. The highest BCUT2D eigenvalue weighted by Crippen LogP contribution is 2.24. The number of hydrogen-bond acceptors (Lipinski definition) is 4. The molecule has 0 aliphatic rings. The third kappa shape index (κ3) is 3.63. The molecule has 1 N–H and O–H groups in total. The summed E-state index contributed by atoms with van der Waals surface area (Å²) in [6.45, 7) is 0. The third-order valence-electron chi connectivity index (χ3n) is 3.83. The SMILES string of the molecule is COc1ccc(NC(=O)c2cc(-c3cccc(OC)c3)nn2C)cc1. The summed E-state index contributed by atoms with van der Waals surface area (Å²) in [7, 11) is 4.96. The maximum Gasteiger partial charge on any atom is 0.273 e. The summed E-state index contributed by atoms with van der Waals surface area (Å²) in [5, 5.41) is 7.28. The molecule has 0 bridgehead atoms. The summed E-state index contributed by atoms with van der Waals surface area (Å²) >= 11 is 0. The smallest absolute Gasteiger partial charge is 0.273 e. The molecule has 6 heteroatoms. The lowest BCUT2D eigenvalue weighted by atomic mass is 10.1. The van der Waals surface area contributed by atoms with E-state index in [2.05, 4.69) is 10.4 Å². The predicted octanol–water partition coefficient (Wildman–Crippen LogP) is 3.36. The minimum absolute atomic E-state index is 0.227. The molecule has 0 saturated heterocycles. The second kappa shape index (κ2) is 7.09. The van der Waals surface area contributed by atoms with Gasteiger partial charge in [-0.25, -0.2) is 0 Å². The molecular weight excluding hydrogens is 318 g/mol. The van der Waals surface area contributed by atoms with E-state index in [4.69, 9.17) is 9.47 Å². The fraction of sp³-hybridized carbons (Fsp3) is 0.158. The first-order valence-electron chi connectivity index (χ1n) is 7.74. The van der Waals surface area contributed by atoms with Crippen LogP contribution in [0, 0.1) is 0 Å². The van der Waals surface area contributed by atoms with Crippen molar-refractivity contribution < 1.29 is 14.3 Å². The average Bonchev–Trinajstić information content (AvgIpc) is 3.04. The molecule has 0 aliphatic heterocycles. The molecule has 1 amide bonds. The van der Waals surface area contributed by atoms with E-state index in [1.54, 1.807) is 56.3 Å². The van der Waals surface area contributed by atoms with Crippen LogP contribution in [-0.2, 0) is 7.05 Å². The maximum atomic E-state index is 12.5. The molecule has 128 valence electrons. The molecule has 25 heavy (non-hydrogen) atoms. The van der Waals surface area contributed by atoms with Crippen LogP contribution >= 0.6 is 0 Å². The van der Waals surface area contributed by atoms with Crippen LogP contribution in [0.5, 0.6) is 11.5 Å². The van der Waals surface area contributed by atoms with Crippen LogP contribution in [0.25, 0.3) is 11.3 Å². The van der Waals surface area contributed by atoms with E-state index in [1.807, 2.05) is 24.3 Å². The Morgan fingerprint density at radius 2 is 1.72 bits per heavy atom. The fourth-order valence-electron chi connectivity index (χ4n) is 2.47. The van der Waals surface area contributed by atoms with Gasteiger partial charge in [-0.1, -0.05) is 12.1 Å². The van der Waals surface area contributed by atoms with Crippen molar-refractivity contribution in [2.24, 2.45) is 7.05 Å². The second-order valence-corrected chi connectivity index (χ2v) is 5.45. The van der Waals surface area contributed by atoms with Crippen molar-refractivity contribution in [2.75, 3.05) is 19.5 Å². The Balaban J connectivity index is 1.82. The van der Waals surface area contributed by atoms with Gasteiger partial charge in [-0.15, -0.1) is 0 Å². The first-order chi connectivity index (χ1) is 12.1. The van der Waals surface area contributed by atoms with E-state index in [-0.39, 0.29) is 5.91 Å². The number of amides is 1. The predicted molar refractivity (Wildman–Crippen MR) is 96.1 cm³/mol. The Labute approximate surface area is 146 Å². The molecular formula is C19H19N3O3. The number of nitrogens with zero attached hydrogens (tertiary/aromatic N) is 2. The van der Waals surface area contributed by atoms with Crippen molar-refractivity contribution >= 4 is 11.6 Å². The van der Waals surface area contributed by atoms with Crippen molar-refractivity contribution in [3.05, 3.63) is 60.3 Å². The number of aromatic nitrogens is 2. The number of carbonyl (C=O) groups is 1. The third-order valence-corrected chi connectivity index (χ3v) is 3.83. The number of anilines is 1. The Morgan fingerprint density at radius 3 is 2.40 bits per heavy atom. The summed E-state index contributed by atoms with van der Waals surface area (Å²) in [5.74, 6) is 1.25. The average molecular weight is 337 g/mol. The zero-order valence-corrected chi connectivity index (χ0v) is 14.3. The minimum Gasteiger partial charge on any atom is -0.497 e. The number of rotatable bonds is 5. The molecule has 0 fully saturated rings. The quantitative estimate of drug-likeness (QED) is 0.775. The molecule has 0 unspecified atom stereocenters. The lowest BCUT2D eigenvalue weighted by molar-refractivity contribution is 0.101. The van der Waals surface area contributed by atoms with Crippen molar-refractivity contribution in [3.63, 3.8) is 0 Å². The number of ether oxygens (including phenoxy) is 2. The summed E-state index contributed by atoms with van der Waals surface area (Å²) in [6, 6.07) is 16.5. The number of aryl methyl sites for hydroxylation is 1. The summed E-state index contributed by atoms with van der Waals surface area (Å²) in [6.07, 6.45) is 0. The van der Waals surface area contributed by atoms with E-state index < -0.39 is 0 Å². The normalized spacial score (nSPS) is 10.4. The molecule has 3 aromatic rings. The molecule has 1 heterocycles. The van der Waals surface area contributed by atoms with Gasteiger partial charge >= 0.3 is 0 Å². The Bertz CT molecular complexity index is 885. The van der Waals surface area contributed by atoms with Crippen LogP contribution in [0.2, 0.25) is 0 Å². The number of methoxy groups -OCH3 is 2. The highest BCUT2D eigenvalue weighted by atomic mass is 16.5. The first kappa shape index (κ1) is 16.6. The number of hydrogen-bond donors (Lipinski definition) is 1. The fourth-order valence-corrected chi connectivity index (χ4v) is 2.47. The zero-order chi connectivity index (χ0) is 17.8. The molecule has 0 radical (unpaired) electrons. The Hall–Kier alpha value is -3.28. The van der Waals surface area contributed by atoms with Crippen LogP contribution in [0.3, 0.4) is 0 Å². The standard InChI is InChI=1S/C19H19N3O3/c1-22-18(19(23)20-14-7-9-15(24-2)10-8-14)12-17(21-22)13-5-4-6-16(11-13)25-3/h4-12H,1-3H3,(H,20,23). The second-order valence-electron chi connectivity index (χ2n) is 5.45. The molecule has 0 atom stereocenters. The molecule has 0 spiro atoms. The lowest BCUT2D eigenvalue weighted by Crippen LogP contribution is -2.15. The lowest BCUT2D eigenvalue weighted by Gasteiger charge is -2.06. The highest BCUT2D eigenvalue weighted by molar-refractivity contribution is 6.03. The molecule has 2 aromatic carbocycles. The zero-order valence-electron chi connectivity index (χ0n) is 14.3. The monoisotopic (exact) mass is 337 g/mol. The molecule has 1 aromatic heterocycles. The largest absolute Gasteiger partial charge is 0.497 e. The summed E-state index contributed by atoms with van der Waals surface area (Å²) in [5.41, 5.74) is 2.75. The highest BCUT2D eigenvalue weighted by Gasteiger charge is 2.15. The van der Waals surface area contributed by atoms with Crippen LogP contribution in [0.15, 0.2) is 54.6 Å².